The summed E-state index contributed by atoms with van der Waals surface area (Å²) in [6, 6.07) is 12.1. The van der Waals surface area contributed by atoms with Crippen molar-refractivity contribution in [3.05, 3.63) is 82.2 Å². The van der Waals surface area contributed by atoms with Gasteiger partial charge in [0, 0.05) is 36.1 Å². The van der Waals surface area contributed by atoms with E-state index in [4.69, 9.17) is 0 Å². The van der Waals surface area contributed by atoms with Crippen LogP contribution < -0.4 is 15.6 Å². The largest absolute Gasteiger partial charge is 0.322 e. The van der Waals surface area contributed by atoms with E-state index < -0.39 is 21.5 Å². The molecule has 0 aliphatic heterocycles. The summed E-state index contributed by atoms with van der Waals surface area (Å²) in [6.45, 7) is 3.41. The van der Waals surface area contributed by atoms with Crippen molar-refractivity contribution in [1.29, 1.82) is 0 Å². The first-order chi connectivity index (χ1) is 15.6. The fourth-order valence-corrected chi connectivity index (χ4v) is 4.33. The van der Waals surface area contributed by atoms with E-state index in [2.05, 4.69) is 25.0 Å². The van der Waals surface area contributed by atoms with Gasteiger partial charge in [-0.25, -0.2) is 23.4 Å². The maximum Gasteiger partial charge on any atom is 0.264 e. The number of carbonyl (C=O) groups excluding carboxylic acids is 1. The van der Waals surface area contributed by atoms with Gasteiger partial charge < -0.3 is 5.32 Å². The third-order valence-electron chi connectivity index (χ3n) is 4.84. The van der Waals surface area contributed by atoms with Gasteiger partial charge in [0.1, 0.15) is 22.9 Å². The van der Waals surface area contributed by atoms with Gasteiger partial charge in [0.15, 0.2) is 0 Å². The van der Waals surface area contributed by atoms with Gasteiger partial charge >= 0.3 is 0 Å². The molecule has 10 nitrogen and oxygen atoms in total. The quantitative estimate of drug-likeness (QED) is 0.463. The van der Waals surface area contributed by atoms with Crippen LogP contribution in [0.4, 0.5) is 11.5 Å². The van der Waals surface area contributed by atoms with Crippen LogP contribution >= 0.6 is 0 Å². The Morgan fingerprint density at radius 2 is 1.76 bits per heavy atom. The molecule has 1 aromatic carbocycles. The molecule has 0 unspecified atom stereocenters. The molecule has 168 valence electrons. The number of rotatable bonds is 5. The number of benzene rings is 1. The highest BCUT2D eigenvalue weighted by atomic mass is 32.2. The Kier molecular flexibility index (Phi) is 5.64. The fraction of sp³-hybridized carbons (Fsp3) is 0.136. The number of anilines is 2. The zero-order valence-electron chi connectivity index (χ0n) is 18.0. The maximum absolute atomic E-state index is 12.7. The van der Waals surface area contributed by atoms with E-state index in [0.29, 0.717) is 28.2 Å². The van der Waals surface area contributed by atoms with Crippen LogP contribution in [0.2, 0.25) is 0 Å². The van der Waals surface area contributed by atoms with Crippen LogP contribution in [0.1, 0.15) is 21.9 Å². The van der Waals surface area contributed by atoms with Crippen molar-refractivity contribution in [3.8, 4) is 0 Å². The number of sulfonamides is 1. The maximum atomic E-state index is 12.7. The van der Waals surface area contributed by atoms with Gasteiger partial charge in [0.2, 0.25) is 0 Å². The zero-order chi connectivity index (χ0) is 23.8. The number of aryl methyl sites for hydroxylation is 3. The van der Waals surface area contributed by atoms with Crippen molar-refractivity contribution >= 4 is 38.5 Å². The first kappa shape index (κ1) is 22.1. The summed E-state index contributed by atoms with van der Waals surface area (Å²) in [4.78, 5) is 37.7. The van der Waals surface area contributed by atoms with Crippen molar-refractivity contribution in [3.63, 3.8) is 0 Å². The number of amides is 1. The second-order valence-electron chi connectivity index (χ2n) is 7.36. The van der Waals surface area contributed by atoms with Gasteiger partial charge in [-0.3, -0.25) is 18.9 Å². The van der Waals surface area contributed by atoms with Crippen LogP contribution in [-0.2, 0) is 17.1 Å². The topological polar surface area (TPSA) is 136 Å². The van der Waals surface area contributed by atoms with Crippen molar-refractivity contribution in [2.45, 2.75) is 18.7 Å². The SMILES string of the molecule is Cc1cc(NS(=O)(=O)c2ccc(NC(=O)c3cc4cccnc4n(C)c3=O)cc2)nc(C)n1. The Morgan fingerprint density at radius 1 is 1.03 bits per heavy atom. The van der Waals surface area contributed by atoms with E-state index in [9.17, 15) is 18.0 Å². The van der Waals surface area contributed by atoms with Gasteiger partial charge in [-0.05, 0) is 56.3 Å². The number of fused-ring (bicyclic) bond motifs is 1. The molecule has 0 spiro atoms. The van der Waals surface area contributed by atoms with Gasteiger partial charge in [0.25, 0.3) is 21.5 Å². The van der Waals surface area contributed by atoms with Gasteiger partial charge in [-0.2, -0.15) is 0 Å². The standard InChI is InChI=1S/C22H20N6O4S/c1-13-11-19(25-14(2)24-13)27-33(31,32)17-8-6-16(7-9-17)26-21(29)18-12-15-5-4-10-23-20(15)28(3)22(18)30/h4-12H,1-3H3,(H,26,29)(H,24,25,27). The molecule has 4 aromatic rings. The Balaban J connectivity index is 1.55. The number of hydrogen-bond donors (Lipinski definition) is 2. The average Bonchev–Trinajstić information content (AvgIpc) is 2.75. The monoisotopic (exact) mass is 464 g/mol. The lowest BCUT2D eigenvalue weighted by molar-refractivity contribution is 0.102. The van der Waals surface area contributed by atoms with E-state index in [-0.39, 0.29) is 16.3 Å². The van der Waals surface area contributed by atoms with E-state index >= 15 is 0 Å². The molecule has 0 atom stereocenters. The number of carbonyl (C=O) groups is 1. The van der Waals surface area contributed by atoms with E-state index in [0.717, 1.165) is 0 Å². The highest BCUT2D eigenvalue weighted by Crippen LogP contribution is 2.18. The minimum Gasteiger partial charge on any atom is -0.322 e. The number of nitrogens with one attached hydrogen (secondary N) is 2. The van der Waals surface area contributed by atoms with E-state index in [1.807, 2.05) is 0 Å². The smallest absolute Gasteiger partial charge is 0.264 e. The first-order valence-corrected chi connectivity index (χ1v) is 11.3. The molecule has 33 heavy (non-hydrogen) atoms. The summed E-state index contributed by atoms with van der Waals surface area (Å²) in [5.41, 5.74) is 0.897. The normalized spacial score (nSPS) is 11.4. The summed E-state index contributed by atoms with van der Waals surface area (Å²) in [5, 5.41) is 3.27. The molecule has 0 bridgehead atoms. The predicted octanol–water partition coefficient (Wildman–Crippen LogP) is 2.39. The highest BCUT2D eigenvalue weighted by Gasteiger charge is 2.18. The summed E-state index contributed by atoms with van der Waals surface area (Å²) in [5.74, 6) is 0.00224. The van der Waals surface area contributed by atoms with Crippen LogP contribution in [0.25, 0.3) is 11.0 Å². The molecule has 3 heterocycles. The predicted molar refractivity (Wildman–Crippen MR) is 124 cm³/mol. The van der Waals surface area contributed by atoms with Crippen molar-refractivity contribution in [2.24, 2.45) is 7.05 Å². The minimum atomic E-state index is -3.89. The van der Waals surface area contributed by atoms with Gasteiger partial charge in [-0.15, -0.1) is 0 Å². The van der Waals surface area contributed by atoms with Crippen LogP contribution in [0, 0.1) is 13.8 Å². The molecular weight excluding hydrogens is 444 g/mol. The molecule has 3 aromatic heterocycles. The summed E-state index contributed by atoms with van der Waals surface area (Å²) >= 11 is 0. The molecule has 0 radical (unpaired) electrons. The van der Waals surface area contributed by atoms with Crippen LogP contribution in [0.5, 0.6) is 0 Å². The third kappa shape index (κ3) is 4.58. The fourth-order valence-electron chi connectivity index (χ4n) is 3.34. The number of pyridine rings is 2. The Bertz CT molecular complexity index is 1530. The number of nitrogens with zero attached hydrogens (tertiary/aromatic N) is 4. The molecule has 0 saturated heterocycles. The summed E-state index contributed by atoms with van der Waals surface area (Å²) in [7, 11) is -2.35. The molecule has 0 aliphatic carbocycles. The lowest BCUT2D eigenvalue weighted by atomic mass is 10.2. The third-order valence-corrected chi connectivity index (χ3v) is 6.21. The lowest BCUT2D eigenvalue weighted by Crippen LogP contribution is -2.28. The molecule has 11 heteroatoms. The molecule has 0 aliphatic rings. The number of aromatic nitrogens is 4. The molecule has 4 rings (SSSR count). The molecular formula is C22H20N6O4S. The lowest BCUT2D eigenvalue weighted by Gasteiger charge is -2.10. The van der Waals surface area contributed by atoms with Crippen LogP contribution in [0.15, 0.2) is 64.4 Å². The molecule has 1 amide bonds. The van der Waals surface area contributed by atoms with Crippen molar-refractivity contribution in [1.82, 2.24) is 19.5 Å². The Labute approximate surface area is 189 Å². The van der Waals surface area contributed by atoms with E-state index in [1.165, 1.54) is 41.0 Å². The minimum absolute atomic E-state index is 0.0119. The number of hydrogen-bond acceptors (Lipinski definition) is 7. The molecule has 0 saturated carbocycles. The second kappa shape index (κ2) is 8.43. The molecule has 2 N–H and O–H groups in total. The van der Waals surface area contributed by atoms with Crippen molar-refractivity contribution < 1.29 is 13.2 Å². The Hall–Kier alpha value is -4.12. The zero-order valence-corrected chi connectivity index (χ0v) is 18.8. The average molecular weight is 465 g/mol. The van der Waals surface area contributed by atoms with Gasteiger partial charge in [0.05, 0.1) is 4.90 Å². The highest BCUT2D eigenvalue weighted by molar-refractivity contribution is 7.92. The summed E-state index contributed by atoms with van der Waals surface area (Å²) in [6.07, 6.45) is 1.57. The summed E-state index contributed by atoms with van der Waals surface area (Å²) < 4.78 is 29.1. The first-order valence-electron chi connectivity index (χ1n) is 9.85. The molecule has 0 fully saturated rings. The van der Waals surface area contributed by atoms with Gasteiger partial charge in [-0.1, -0.05) is 0 Å². The van der Waals surface area contributed by atoms with Crippen LogP contribution in [-0.4, -0.2) is 33.8 Å². The van der Waals surface area contributed by atoms with E-state index in [1.54, 1.807) is 39.2 Å². The Morgan fingerprint density at radius 3 is 2.45 bits per heavy atom. The van der Waals surface area contributed by atoms with Crippen LogP contribution in [0.3, 0.4) is 0 Å². The van der Waals surface area contributed by atoms with Crippen molar-refractivity contribution in [2.75, 3.05) is 10.0 Å². The second-order valence-corrected chi connectivity index (χ2v) is 9.05.